The average molecular weight is 226 g/mol. The molecule has 0 aromatic rings. The van der Waals surface area contributed by atoms with E-state index < -0.39 is 0 Å². The molecule has 16 heavy (non-hydrogen) atoms. The van der Waals surface area contributed by atoms with Gasteiger partial charge in [0.15, 0.2) is 0 Å². The van der Waals surface area contributed by atoms with E-state index in [0.29, 0.717) is 22.8 Å². The van der Waals surface area contributed by atoms with Gasteiger partial charge in [-0.25, -0.2) is 0 Å². The highest BCUT2D eigenvalue weighted by molar-refractivity contribution is 5.16. The topological polar surface area (TPSA) is 38.0 Å². The van der Waals surface area contributed by atoms with E-state index in [9.17, 15) is 0 Å². The van der Waals surface area contributed by atoms with Crippen molar-refractivity contribution in [1.29, 1.82) is 0 Å². The first-order valence-electron chi connectivity index (χ1n) is 6.79. The summed E-state index contributed by atoms with van der Waals surface area (Å²) in [6.45, 7) is 14.0. The zero-order valence-electron chi connectivity index (χ0n) is 11.9. The molecular formula is C14H30N2. The van der Waals surface area contributed by atoms with E-state index in [1.807, 2.05) is 0 Å². The first-order valence-corrected chi connectivity index (χ1v) is 6.79. The molecule has 0 aromatic heterocycles. The normalized spacial score (nSPS) is 24.8. The van der Waals surface area contributed by atoms with Gasteiger partial charge in [-0.1, -0.05) is 54.4 Å². The summed E-state index contributed by atoms with van der Waals surface area (Å²) in [5.74, 6) is 7.29. The molecule has 1 aliphatic rings. The van der Waals surface area contributed by atoms with Crippen molar-refractivity contribution in [3.05, 3.63) is 0 Å². The van der Waals surface area contributed by atoms with Crippen molar-refractivity contribution in [3.8, 4) is 0 Å². The van der Waals surface area contributed by atoms with Gasteiger partial charge in [0.2, 0.25) is 0 Å². The minimum absolute atomic E-state index is 0.427. The first-order chi connectivity index (χ1) is 7.32. The maximum absolute atomic E-state index is 5.76. The molecule has 0 heterocycles. The van der Waals surface area contributed by atoms with Crippen LogP contribution in [0.4, 0.5) is 0 Å². The van der Waals surface area contributed by atoms with Crippen molar-refractivity contribution >= 4 is 0 Å². The molecule has 0 radical (unpaired) electrons. The lowest BCUT2D eigenvalue weighted by atomic mass is 9.90. The molecule has 1 rings (SSSR count). The van der Waals surface area contributed by atoms with Crippen molar-refractivity contribution in [2.24, 2.45) is 28.5 Å². The van der Waals surface area contributed by atoms with E-state index in [4.69, 9.17) is 5.84 Å². The summed E-state index contributed by atoms with van der Waals surface area (Å²) in [6, 6.07) is 0.481. The molecule has 96 valence electrons. The van der Waals surface area contributed by atoms with Crippen LogP contribution in [0, 0.1) is 22.7 Å². The zero-order valence-corrected chi connectivity index (χ0v) is 11.9. The molecule has 0 bridgehead atoms. The fourth-order valence-corrected chi connectivity index (χ4v) is 3.53. The van der Waals surface area contributed by atoms with Gasteiger partial charge >= 0.3 is 0 Å². The molecule has 0 amide bonds. The van der Waals surface area contributed by atoms with Gasteiger partial charge in [0.25, 0.3) is 0 Å². The van der Waals surface area contributed by atoms with Crippen molar-refractivity contribution in [2.45, 2.75) is 66.8 Å². The van der Waals surface area contributed by atoms with Gasteiger partial charge in [0.1, 0.15) is 0 Å². The predicted molar refractivity (Wildman–Crippen MR) is 70.9 cm³/mol. The minimum atomic E-state index is 0.427. The summed E-state index contributed by atoms with van der Waals surface area (Å²) >= 11 is 0. The largest absolute Gasteiger partial charge is 0.271 e. The highest BCUT2D eigenvalue weighted by atomic mass is 15.2. The lowest BCUT2D eigenvalue weighted by Gasteiger charge is -2.23. The predicted octanol–water partition coefficient (Wildman–Crippen LogP) is 3.33. The molecule has 0 aromatic carbocycles. The standard InChI is InChI=1S/C14H30N2/c1-7-10(8-2)9-11(16-15)12-13(3,4)14(12,5)6/h10-12,16H,7-9,15H2,1-6H3. The smallest absolute Gasteiger partial charge is 0.0252 e. The Balaban J connectivity index is 2.64. The number of hydrogen-bond acceptors (Lipinski definition) is 2. The molecule has 1 unspecified atom stereocenters. The van der Waals surface area contributed by atoms with E-state index in [0.717, 1.165) is 5.92 Å². The second-order valence-corrected chi connectivity index (χ2v) is 6.61. The highest BCUT2D eigenvalue weighted by Gasteiger charge is 2.66. The lowest BCUT2D eigenvalue weighted by Crippen LogP contribution is -2.40. The lowest BCUT2D eigenvalue weighted by molar-refractivity contribution is 0.311. The third-order valence-electron chi connectivity index (χ3n) is 5.49. The number of hydrazine groups is 1. The van der Waals surface area contributed by atoms with Crippen molar-refractivity contribution < 1.29 is 0 Å². The molecule has 2 heteroatoms. The van der Waals surface area contributed by atoms with Gasteiger partial charge < -0.3 is 0 Å². The SMILES string of the molecule is CCC(CC)CC(NN)C1C(C)(C)C1(C)C. The summed E-state index contributed by atoms with van der Waals surface area (Å²) in [6.07, 6.45) is 3.76. The zero-order chi connectivity index (χ0) is 12.6. The van der Waals surface area contributed by atoms with Crippen LogP contribution >= 0.6 is 0 Å². The number of nitrogens with one attached hydrogen (secondary N) is 1. The summed E-state index contributed by atoms with van der Waals surface area (Å²) in [5.41, 5.74) is 3.93. The molecule has 1 aliphatic carbocycles. The summed E-state index contributed by atoms with van der Waals surface area (Å²) in [5, 5.41) is 0. The van der Waals surface area contributed by atoms with Gasteiger partial charge in [0, 0.05) is 6.04 Å². The van der Waals surface area contributed by atoms with Gasteiger partial charge in [-0.3, -0.25) is 11.3 Å². The highest BCUT2D eigenvalue weighted by Crippen LogP contribution is 2.70. The average Bonchev–Trinajstić information content (AvgIpc) is 2.62. The summed E-state index contributed by atoms with van der Waals surface area (Å²) in [4.78, 5) is 0. The molecule has 0 saturated heterocycles. The van der Waals surface area contributed by atoms with Gasteiger partial charge in [-0.15, -0.1) is 0 Å². The number of hydrogen-bond donors (Lipinski definition) is 2. The van der Waals surface area contributed by atoms with Crippen LogP contribution in [0.1, 0.15) is 60.8 Å². The van der Waals surface area contributed by atoms with Gasteiger partial charge in [0.05, 0.1) is 0 Å². The molecular weight excluding hydrogens is 196 g/mol. The van der Waals surface area contributed by atoms with Crippen LogP contribution in [-0.4, -0.2) is 6.04 Å². The Morgan fingerprint density at radius 3 is 1.75 bits per heavy atom. The van der Waals surface area contributed by atoms with Crippen molar-refractivity contribution in [1.82, 2.24) is 5.43 Å². The Labute approximate surface area is 101 Å². The van der Waals surface area contributed by atoms with Crippen LogP contribution in [0.25, 0.3) is 0 Å². The maximum atomic E-state index is 5.76. The molecule has 1 atom stereocenters. The van der Waals surface area contributed by atoms with Crippen LogP contribution in [0.15, 0.2) is 0 Å². The van der Waals surface area contributed by atoms with E-state index in [1.165, 1.54) is 19.3 Å². The Morgan fingerprint density at radius 1 is 1.06 bits per heavy atom. The molecule has 2 nitrogen and oxygen atoms in total. The van der Waals surface area contributed by atoms with Crippen LogP contribution < -0.4 is 11.3 Å². The van der Waals surface area contributed by atoms with Crippen molar-refractivity contribution in [2.75, 3.05) is 0 Å². The number of rotatable bonds is 6. The summed E-state index contributed by atoms with van der Waals surface area (Å²) in [7, 11) is 0. The van der Waals surface area contributed by atoms with E-state index in [2.05, 4.69) is 47.0 Å². The van der Waals surface area contributed by atoms with Crippen molar-refractivity contribution in [3.63, 3.8) is 0 Å². The summed E-state index contributed by atoms with van der Waals surface area (Å²) < 4.78 is 0. The monoisotopic (exact) mass is 226 g/mol. The fraction of sp³-hybridized carbons (Fsp3) is 1.00. The Hall–Kier alpha value is -0.0800. The minimum Gasteiger partial charge on any atom is -0.271 e. The van der Waals surface area contributed by atoms with Crippen LogP contribution in [0.3, 0.4) is 0 Å². The molecule has 1 fully saturated rings. The van der Waals surface area contributed by atoms with Crippen LogP contribution in [-0.2, 0) is 0 Å². The molecule has 1 saturated carbocycles. The fourth-order valence-electron chi connectivity index (χ4n) is 3.53. The van der Waals surface area contributed by atoms with E-state index in [1.54, 1.807) is 0 Å². The quantitative estimate of drug-likeness (QED) is 0.538. The second-order valence-electron chi connectivity index (χ2n) is 6.61. The van der Waals surface area contributed by atoms with E-state index in [-0.39, 0.29) is 0 Å². The van der Waals surface area contributed by atoms with Crippen LogP contribution in [0.2, 0.25) is 0 Å². The molecule has 3 N–H and O–H groups in total. The Morgan fingerprint density at radius 2 is 1.50 bits per heavy atom. The molecule has 0 aliphatic heterocycles. The second kappa shape index (κ2) is 4.66. The first kappa shape index (κ1) is 14.0. The molecule has 0 spiro atoms. The van der Waals surface area contributed by atoms with Gasteiger partial charge in [-0.05, 0) is 29.1 Å². The number of nitrogens with two attached hydrogens (primary N) is 1. The Kier molecular flexibility index (Phi) is 4.07. The third-order valence-corrected chi connectivity index (χ3v) is 5.49. The van der Waals surface area contributed by atoms with Crippen LogP contribution in [0.5, 0.6) is 0 Å². The third kappa shape index (κ3) is 2.14. The Bertz CT molecular complexity index is 215. The maximum Gasteiger partial charge on any atom is 0.0252 e. The van der Waals surface area contributed by atoms with Gasteiger partial charge in [-0.2, -0.15) is 0 Å². The van der Waals surface area contributed by atoms with E-state index >= 15 is 0 Å².